The third-order valence-corrected chi connectivity index (χ3v) is 5.37. The normalized spacial score (nSPS) is 17.2. The SMILES string of the molecule is C=NC(=C)C(=N/C(=N\CNC1CC1)c1cccc(/C(N)=C/C=NC)c1)N1CCOCC1.CCNC. The molecule has 4 N–H and O–H groups in total. The average Bonchev–Trinajstić information content (AvgIpc) is 3.74. The molecule has 2 fully saturated rings. The van der Waals surface area contributed by atoms with Gasteiger partial charge >= 0.3 is 0 Å². The van der Waals surface area contributed by atoms with E-state index in [9.17, 15) is 0 Å². The number of aliphatic imine (C=N–C) groups is 4. The number of nitrogens with two attached hydrogens (primary N) is 1. The molecule has 9 nitrogen and oxygen atoms in total. The molecule has 190 valence electrons. The fourth-order valence-electron chi connectivity index (χ4n) is 3.08. The summed E-state index contributed by atoms with van der Waals surface area (Å²) < 4.78 is 5.48. The largest absolute Gasteiger partial charge is 0.398 e. The maximum atomic E-state index is 6.21. The molecular weight excluding hydrogens is 440 g/mol. The number of hydrogen-bond acceptors (Lipinski definition) is 7. The van der Waals surface area contributed by atoms with Gasteiger partial charge in [-0.2, -0.15) is 0 Å². The Kier molecular flexibility index (Phi) is 12.6. The summed E-state index contributed by atoms with van der Waals surface area (Å²) >= 11 is 0. The summed E-state index contributed by atoms with van der Waals surface area (Å²) in [5.41, 5.74) is 9.09. The van der Waals surface area contributed by atoms with Gasteiger partial charge in [-0.3, -0.25) is 20.3 Å². The molecular formula is C26H40N8O. The molecule has 1 aromatic rings. The number of allylic oxidation sites excluding steroid dienone is 1. The van der Waals surface area contributed by atoms with Crippen molar-refractivity contribution in [1.82, 2.24) is 15.5 Å². The summed E-state index contributed by atoms with van der Waals surface area (Å²) in [6, 6.07) is 8.41. The fourth-order valence-corrected chi connectivity index (χ4v) is 3.08. The zero-order valence-electron chi connectivity index (χ0n) is 21.3. The van der Waals surface area contributed by atoms with E-state index in [1.807, 2.05) is 31.3 Å². The predicted molar refractivity (Wildman–Crippen MR) is 149 cm³/mol. The highest BCUT2D eigenvalue weighted by molar-refractivity contribution is 6.11. The highest BCUT2D eigenvalue weighted by Crippen LogP contribution is 2.19. The number of nitrogens with zero attached hydrogens (tertiary/aromatic N) is 5. The Morgan fingerprint density at radius 2 is 1.94 bits per heavy atom. The Balaban J connectivity index is 0.00000100. The van der Waals surface area contributed by atoms with Crippen molar-refractivity contribution in [3.63, 3.8) is 0 Å². The maximum Gasteiger partial charge on any atom is 0.158 e. The first-order valence-corrected chi connectivity index (χ1v) is 12.0. The van der Waals surface area contributed by atoms with Gasteiger partial charge < -0.3 is 20.7 Å². The third kappa shape index (κ3) is 9.94. The van der Waals surface area contributed by atoms with Gasteiger partial charge in [0.05, 0.1) is 25.6 Å². The summed E-state index contributed by atoms with van der Waals surface area (Å²) in [5.74, 6) is 1.26. The quantitative estimate of drug-likeness (QED) is 0.371. The smallest absolute Gasteiger partial charge is 0.158 e. The monoisotopic (exact) mass is 480 g/mol. The molecule has 3 rings (SSSR count). The van der Waals surface area contributed by atoms with E-state index in [-0.39, 0.29) is 0 Å². The maximum absolute atomic E-state index is 6.21. The van der Waals surface area contributed by atoms with Crippen molar-refractivity contribution in [2.24, 2.45) is 25.7 Å². The van der Waals surface area contributed by atoms with Crippen LogP contribution in [0.4, 0.5) is 0 Å². The lowest BCUT2D eigenvalue weighted by molar-refractivity contribution is 0.0682. The van der Waals surface area contributed by atoms with Gasteiger partial charge in [-0.05, 0) is 50.9 Å². The van der Waals surface area contributed by atoms with Crippen molar-refractivity contribution in [1.29, 1.82) is 0 Å². The number of nitrogens with one attached hydrogen (secondary N) is 2. The first-order valence-electron chi connectivity index (χ1n) is 12.0. The van der Waals surface area contributed by atoms with Crippen LogP contribution in [0, 0.1) is 0 Å². The molecule has 0 atom stereocenters. The number of rotatable bonds is 9. The van der Waals surface area contributed by atoms with E-state index in [4.69, 9.17) is 20.5 Å². The molecule has 0 unspecified atom stereocenters. The van der Waals surface area contributed by atoms with Gasteiger partial charge in [0.15, 0.2) is 11.7 Å². The second-order valence-electron chi connectivity index (χ2n) is 8.08. The van der Waals surface area contributed by atoms with Crippen molar-refractivity contribution in [2.45, 2.75) is 25.8 Å². The zero-order chi connectivity index (χ0) is 25.5. The Bertz CT molecular complexity index is 938. The molecule has 2 aliphatic rings. The first kappa shape index (κ1) is 28.1. The van der Waals surface area contributed by atoms with E-state index in [1.165, 1.54) is 12.8 Å². The molecule has 1 aromatic carbocycles. The van der Waals surface area contributed by atoms with E-state index in [0.29, 0.717) is 62.1 Å². The number of hydrogen-bond donors (Lipinski definition) is 3. The molecule has 1 saturated heterocycles. The Hall–Kier alpha value is -3.14. The molecule has 0 aromatic heterocycles. The minimum absolute atomic E-state index is 0.492. The Labute approximate surface area is 209 Å². The Morgan fingerprint density at radius 1 is 1.26 bits per heavy atom. The number of morpholine rings is 1. The summed E-state index contributed by atoms with van der Waals surface area (Å²) in [7, 11) is 3.64. The van der Waals surface area contributed by atoms with Crippen LogP contribution in [-0.2, 0) is 4.74 Å². The van der Waals surface area contributed by atoms with Crippen LogP contribution in [0.15, 0.2) is 62.6 Å². The molecule has 1 aliphatic heterocycles. The van der Waals surface area contributed by atoms with E-state index in [2.05, 4.69) is 45.7 Å². The average molecular weight is 481 g/mol. The highest BCUT2D eigenvalue weighted by Gasteiger charge is 2.21. The molecule has 9 heteroatoms. The molecule has 0 bridgehead atoms. The zero-order valence-corrected chi connectivity index (χ0v) is 21.3. The predicted octanol–water partition coefficient (Wildman–Crippen LogP) is 2.31. The number of benzene rings is 1. The van der Waals surface area contributed by atoms with Crippen molar-refractivity contribution < 1.29 is 4.74 Å². The van der Waals surface area contributed by atoms with Crippen LogP contribution < -0.4 is 16.4 Å². The second-order valence-corrected chi connectivity index (χ2v) is 8.08. The van der Waals surface area contributed by atoms with Gasteiger partial charge in [-0.25, -0.2) is 4.99 Å². The summed E-state index contributed by atoms with van der Waals surface area (Å²) in [6.45, 7) is 14.0. The topological polar surface area (TPSA) is 112 Å². The van der Waals surface area contributed by atoms with Crippen molar-refractivity contribution in [2.75, 3.05) is 53.6 Å². The Morgan fingerprint density at radius 3 is 2.54 bits per heavy atom. The standard InChI is InChI=1S/C23H31N7O.C3H9N/c1-17(26-3)23(30-11-13-31-14-12-30)29-22(28-16-27-20-7-8-20)19-6-4-5-18(15-19)21(24)9-10-25-2;1-3-4-2/h4-6,9-10,15,20,27H,1,3,7-8,11-14,16,24H2,2H3;4H,3H2,1-2H3/b21-9-,25-10?,28-22-,29-23?;. The summed E-state index contributed by atoms with van der Waals surface area (Å²) in [4.78, 5) is 19.8. The van der Waals surface area contributed by atoms with E-state index < -0.39 is 0 Å². The van der Waals surface area contributed by atoms with Crippen LogP contribution in [0.3, 0.4) is 0 Å². The van der Waals surface area contributed by atoms with Crippen LogP contribution >= 0.6 is 0 Å². The molecule has 0 spiro atoms. The molecule has 1 aliphatic carbocycles. The number of ether oxygens (including phenoxy) is 1. The first-order chi connectivity index (χ1) is 17.0. The highest BCUT2D eigenvalue weighted by atomic mass is 16.5. The lowest BCUT2D eigenvalue weighted by atomic mass is 10.1. The minimum Gasteiger partial charge on any atom is -0.398 e. The van der Waals surface area contributed by atoms with Crippen LogP contribution in [0.2, 0.25) is 0 Å². The van der Waals surface area contributed by atoms with Gasteiger partial charge in [0.25, 0.3) is 0 Å². The lowest BCUT2D eigenvalue weighted by Gasteiger charge is -2.29. The molecule has 35 heavy (non-hydrogen) atoms. The molecule has 1 heterocycles. The summed E-state index contributed by atoms with van der Waals surface area (Å²) in [5, 5.41) is 6.35. The summed E-state index contributed by atoms with van der Waals surface area (Å²) in [6.07, 6.45) is 5.84. The van der Waals surface area contributed by atoms with Gasteiger partial charge in [-0.15, -0.1) is 0 Å². The minimum atomic E-state index is 0.492. The molecule has 0 radical (unpaired) electrons. The van der Waals surface area contributed by atoms with Crippen molar-refractivity contribution in [3.8, 4) is 0 Å². The van der Waals surface area contributed by atoms with Crippen LogP contribution in [0.25, 0.3) is 5.70 Å². The van der Waals surface area contributed by atoms with Crippen LogP contribution in [-0.4, -0.2) is 89.2 Å². The fraction of sp³-hybridized carbons (Fsp3) is 0.462. The van der Waals surface area contributed by atoms with E-state index in [0.717, 1.165) is 17.7 Å². The van der Waals surface area contributed by atoms with Crippen LogP contribution in [0.1, 0.15) is 30.9 Å². The van der Waals surface area contributed by atoms with Crippen LogP contribution in [0.5, 0.6) is 0 Å². The molecule has 1 saturated carbocycles. The van der Waals surface area contributed by atoms with Gasteiger partial charge in [-0.1, -0.05) is 31.7 Å². The number of amidine groups is 2. The third-order valence-electron chi connectivity index (χ3n) is 5.37. The van der Waals surface area contributed by atoms with Gasteiger partial charge in [0, 0.05) is 43.7 Å². The van der Waals surface area contributed by atoms with E-state index in [1.54, 1.807) is 19.3 Å². The van der Waals surface area contributed by atoms with Crippen molar-refractivity contribution in [3.05, 3.63) is 53.7 Å². The lowest BCUT2D eigenvalue weighted by Crippen LogP contribution is -2.41. The van der Waals surface area contributed by atoms with Gasteiger partial charge in [0.1, 0.15) is 0 Å². The van der Waals surface area contributed by atoms with Gasteiger partial charge in [0.2, 0.25) is 0 Å². The van der Waals surface area contributed by atoms with Crippen molar-refractivity contribution >= 4 is 30.3 Å². The molecule has 0 amide bonds. The second kappa shape index (κ2) is 15.7. The van der Waals surface area contributed by atoms with E-state index >= 15 is 0 Å².